The number of benzene rings is 1. The van der Waals surface area contributed by atoms with E-state index in [2.05, 4.69) is 0 Å². The second-order valence-electron chi connectivity index (χ2n) is 2.92. The van der Waals surface area contributed by atoms with Gasteiger partial charge in [0.2, 0.25) is 0 Å². The maximum absolute atomic E-state index is 13.1. The fourth-order valence-corrected chi connectivity index (χ4v) is 1.39. The van der Waals surface area contributed by atoms with E-state index in [0.717, 1.165) is 18.4 Å². The number of hydrogen-bond donors (Lipinski definition) is 1. The van der Waals surface area contributed by atoms with E-state index in [1.807, 2.05) is 6.07 Å². The first-order valence-electron chi connectivity index (χ1n) is 3.97. The molecule has 0 aliphatic carbocycles. The van der Waals surface area contributed by atoms with Gasteiger partial charge < -0.3 is 4.74 Å². The topological polar surface area (TPSA) is 35.2 Å². The monoisotopic (exact) mass is 167 g/mol. The lowest BCUT2D eigenvalue weighted by molar-refractivity contribution is 0.172. The molecule has 0 aromatic heterocycles. The van der Waals surface area contributed by atoms with Crippen LogP contribution < -0.4 is 10.5 Å². The van der Waals surface area contributed by atoms with Crippen LogP contribution in [0.4, 0.5) is 4.39 Å². The van der Waals surface area contributed by atoms with Crippen molar-refractivity contribution in [2.45, 2.75) is 19.1 Å². The van der Waals surface area contributed by atoms with E-state index in [4.69, 9.17) is 10.5 Å². The number of para-hydroxylation sites is 1. The van der Waals surface area contributed by atoms with Gasteiger partial charge in [-0.15, -0.1) is 0 Å². The highest BCUT2D eigenvalue weighted by Gasteiger charge is 2.18. The summed E-state index contributed by atoms with van der Waals surface area (Å²) in [6.07, 6.45) is 1.21. The van der Waals surface area contributed by atoms with Crippen molar-refractivity contribution in [3.05, 3.63) is 29.6 Å². The van der Waals surface area contributed by atoms with Gasteiger partial charge in [0.25, 0.3) is 0 Å². The van der Waals surface area contributed by atoms with Gasteiger partial charge in [-0.05, 0) is 18.1 Å². The minimum Gasteiger partial charge on any atom is -0.472 e. The largest absolute Gasteiger partial charge is 0.472 e. The zero-order valence-electron chi connectivity index (χ0n) is 6.59. The Labute approximate surface area is 70.1 Å². The van der Waals surface area contributed by atoms with Gasteiger partial charge in [0.1, 0.15) is 6.23 Å². The number of ether oxygens (including phenoxy) is 1. The van der Waals surface area contributed by atoms with Gasteiger partial charge in [0.05, 0.1) is 0 Å². The average Bonchev–Trinajstić information content (AvgIpc) is 2.07. The van der Waals surface area contributed by atoms with E-state index in [1.165, 1.54) is 6.07 Å². The van der Waals surface area contributed by atoms with Gasteiger partial charge in [0, 0.05) is 6.42 Å². The second-order valence-corrected chi connectivity index (χ2v) is 2.92. The van der Waals surface area contributed by atoms with Crippen LogP contribution >= 0.6 is 0 Å². The van der Waals surface area contributed by atoms with Gasteiger partial charge in [-0.25, -0.2) is 4.39 Å². The van der Waals surface area contributed by atoms with Gasteiger partial charge in [-0.2, -0.15) is 0 Å². The first kappa shape index (κ1) is 7.55. The predicted molar refractivity (Wildman–Crippen MR) is 43.3 cm³/mol. The van der Waals surface area contributed by atoms with Gasteiger partial charge in [-0.3, -0.25) is 5.73 Å². The Hall–Kier alpha value is -1.09. The number of fused-ring (bicyclic) bond motifs is 1. The fourth-order valence-electron chi connectivity index (χ4n) is 1.39. The van der Waals surface area contributed by atoms with Crippen LogP contribution in [0.25, 0.3) is 0 Å². The number of rotatable bonds is 0. The minimum absolute atomic E-state index is 0.317. The normalized spacial score (nSPS) is 21.3. The van der Waals surface area contributed by atoms with E-state index >= 15 is 0 Å². The van der Waals surface area contributed by atoms with Crippen molar-refractivity contribution in [3.63, 3.8) is 0 Å². The number of hydrogen-bond acceptors (Lipinski definition) is 2. The molecule has 0 fully saturated rings. The van der Waals surface area contributed by atoms with Crippen molar-refractivity contribution in [2.75, 3.05) is 0 Å². The molecule has 1 heterocycles. The van der Waals surface area contributed by atoms with E-state index in [9.17, 15) is 4.39 Å². The zero-order valence-corrected chi connectivity index (χ0v) is 6.59. The van der Waals surface area contributed by atoms with Crippen LogP contribution in [0.3, 0.4) is 0 Å². The lowest BCUT2D eigenvalue weighted by Gasteiger charge is -2.22. The molecule has 64 valence electrons. The summed E-state index contributed by atoms with van der Waals surface area (Å²) in [4.78, 5) is 0. The second kappa shape index (κ2) is 2.75. The highest BCUT2D eigenvalue weighted by molar-refractivity contribution is 5.36. The summed E-state index contributed by atoms with van der Waals surface area (Å²) >= 11 is 0. The van der Waals surface area contributed by atoms with E-state index < -0.39 is 0 Å². The van der Waals surface area contributed by atoms with Crippen LogP contribution in [0.1, 0.15) is 12.0 Å². The van der Waals surface area contributed by atoms with Crippen molar-refractivity contribution >= 4 is 0 Å². The summed E-state index contributed by atoms with van der Waals surface area (Å²) in [6.45, 7) is 0. The van der Waals surface area contributed by atoms with Gasteiger partial charge in [0.15, 0.2) is 11.6 Å². The first-order valence-corrected chi connectivity index (χ1v) is 3.97. The van der Waals surface area contributed by atoms with Crippen molar-refractivity contribution in [2.24, 2.45) is 5.73 Å². The molecule has 2 rings (SSSR count). The molecule has 1 aromatic carbocycles. The predicted octanol–water partition coefficient (Wildman–Crippen LogP) is 1.44. The lowest BCUT2D eigenvalue weighted by Crippen LogP contribution is -2.31. The molecule has 12 heavy (non-hydrogen) atoms. The van der Waals surface area contributed by atoms with Crippen molar-refractivity contribution in [1.29, 1.82) is 0 Å². The van der Waals surface area contributed by atoms with E-state index in [1.54, 1.807) is 6.07 Å². The van der Waals surface area contributed by atoms with Crippen molar-refractivity contribution in [3.8, 4) is 5.75 Å². The molecule has 0 amide bonds. The SMILES string of the molecule is NC1CCc2cccc(F)c2O1. The summed E-state index contributed by atoms with van der Waals surface area (Å²) in [5.41, 5.74) is 6.44. The highest BCUT2D eigenvalue weighted by Crippen LogP contribution is 2.28. The summed E-state index contributed by atoms with van der Waals surface area (Å²) < 4.78 is 18.2. The molecule has 1 aromatic rings. The van der Waals surface area contributed by atoms with Crippen LogP contribution in [-0.2, 0) is 6.42 Å². The Balaban J connectivity index is 2.43. The maximum atomic E-state index is 13.1. The highest BCUT2D eigenvalue weighted by atomic mass is 19.1. The standard InChI is InChI=1S/C9H10FNO/c10-7-3-1-2-6-4-5-8(11)12-9(6)7/h1-3,8H,4-5,11H2. The molecule has 0 bridgehead atoms. The van der Waals surface area contributed by atoms with E-state index in [-0.39, 0.29) is 12.0 Å². The molecular weight excluding hydrogens is 157 g/mol. The number of nitrogens with two attached hydrogens (primary N) is 1. The van der Waals surface area contributed by atoms with Crippen LogP contribution in [0, 0.1) is 5.82 Å². The molecule has 0 saturated carbocycles. The summed E-state index contributed by atoms with van der Waals surface area (Å²) in [5, 5.41) is 0. The summed E-state index contributed by atoms with van der Waals surface area (Å²) in [7, 11) is 0. The molecule has 1 unspecified atom stereocenters. The van der Waals surface area contributed by atoms with Gasteiger partial charge >= 0.3 is 0 Å². The Morgan fingerprint density at radius 1 is 1.50 bits per heavy atom. The molecule has 1 aliphatic rings. The summed E-state index contributed by atoms with van der Waals surface area (Å²) in [6, 6.07) is 4.94. The first-order chi connectivity index (χ1) is 5.77. The molecular formula is C9H10FNO. The summed E-state index contributed by atoms with van der Waals surface area (Å²) in [5.74, 6) is 0.0129. The Kier molecular flexibility index (Phi) is 1.73. The molecule has 0 spiro atoms. The molecule has 0 saturated heterocycles. The van der Waals surface area contributed by atoms with Crippen LogP contribution in [0.15, 0.2) is 18.2 Å². The minimum atomic E-state index is -0.352. The fraction of sp³-hybridized carbons (Fsp3) is 0.333. The van der Waals surface area contributed by atoms with Crippen molar-refractivity contribution in [1.82, 2.24) is 0 Å². The molecule has 1 aliphatic heterocycles. The Bertz CT molecular complexity index is 301. The molecule has 1 atom stereocenters. The quantitative estimate of drug-likeness (QED) is 0.634. The van der Waals surface area contributed by atoms with Crippen LogP contribution in [0.2, 0.25) is 0 Å². The Morgan fingerprint density at radius 3 is 3.17 bits per heavy atom. The van der Waals surface area contributed by atoms with Crippen molar-refractivity contribution < 1.29 is 9.13 Å². The smallest absolute Gasteiger partial charge is 0.165 e. The molecule has 2 nitrogen and oxygen atoms in total. The van der Waals surface area contributed by atoms with Crippen LogP contribution in [-0.4, -0.2) is 6.23 Å². The molecule has 2 N–H and O–H groups in total. The number of halogens is 1. The Morgan fingerprint density at radius 2 is 2.33 bits per heavy atom. The molecule has 3 heteroatoms. The zero-order chi connectivity index (χ0) is 8.55. The van der Waals surface area contributed by atoms with Gasteiger partial charge in [-0.1, -0.05) is 12.1 Å². The maximum Gasteiger partial charge on any atom is 0.165 e. The molecule has 0 radical (unpaired) electrons. The lowest BCUT2D eigenvalue weighted by atomic mass is 10.1. The average molecular weight is 167 g/mol. The third kappa shape index (κ3) is 1.16. The van der Waals surface area contributed by atoms with E-state index in [0.29, 0.717) is 5.75 Å². The third-order valence-electron chi connectivity index (χ3n) is 2.02. The van der Waals surface area contributed by atoms with Crippen LogP contribution in [0.5, 0.6) is 5.75 Å². The number of aryl methyl sites for hydroxylation is 1. The third-order valence-corrected chi connectivity index (χ3v) is 2.02.